The molecule has 0 saturated heterocycles. The Kier molecular flexibility index (Phi) is 5.69. The fourth-order valence-electron chi connectivity index (χ4n) is 2.56. The number of carboxylic acid groups (broad SMARTS) is 1. The fourth-order valence-corrected chi connectivity index (χ4v) is 2.56. The van der Waals surface area contributed by atoms with E-state index in [2.05, 4.69) is 5.32 Å². The van der Waals surface area contributed by atoms with Crippen LogP contribution in [0, 0.1) is 5.92 Å². The highest BCUT2D eigenvalue weighted by molar-refractivity contribution is 5.67. The van der Waals surface area contributed by atoms with Crippen molar-refractivity contribution in [1.29, 1.82) is 0 Å². The SMILES string of the molecule is CCNC(CC(=O)O)CC1CCCCC1. The second kappa shape index (κ2) is 6.83. The molecular weight excluding hydrogens is 190 g/mol. The Morgan fingerprint density at radius 1 is 1.40 bits per heavy atom. The first-order chi connectivity index (χ1) is 7.22. The topological polar surface area (TPSA) is 49.3 Å². The molecule has 1 atom stereocenters. The van der Waals surface area contributed by atoms with E-state index in [1.807, 2.05) is 6.92 Å². The van der Waals surface area contributed by atoms with Gasteiger partial charge in [-0.25, -0.2) is 0 Å². The number of hydrogen-bond acceptors (Lipinski definition) is 2. The first-order valence-corrected chi connectivity index (χ1v) is 6.17. The lowest BCUT2D eigenvalue weighted by atomic mass is 9.84. The van der Waals surface area contributed by atoms with Crippen molar-refractivity contribution in [3.8, 4) is 0 Å². The average Bonchev–Trinajstić information content (AvgIpc) is 2.18. The summed E-state index contributed by atoms with van der Waals surface area (Å²) < 4.78 is 0. The molecule has 1 rings (SSSR count). The van der Waals surface area contributed by atoms with E-state index in [4.69, 9.17) is 5.11 Å². The summed E-state index contributed by atoms with van der Waals surface area (Å²) in [7, 11) is 0. The first kappa shape index (κ1) is 12.5. The van der Waals surface area contributed by atoms with Gasteiger partial charge >= 0.3 is 5.97 Å². The van der Waals surface area contributed by atoms with Crippen LogP contribution in [0.4, 0.5) is 0 Å². The summed E-state index contributed by atoms with van der Waals surface area (Å²) in [5.41, 5.74) is 0. The van der Waals surface area contributed by atoms with E-state index >= 15 is 0 Å². The van der Waals surface area contributed by atoms with Gasteiger partial charge in [0.25, 0.3) is 0 Å². The van der Waals surface area contributed by atoms with Crippen LogP contribution in [-0.2, 0) is 4.79 Å². The first-order valence-electron chi connectivity index (χ1n) is 6.17. The molecule has 2 N–H and O–H groups in total. The Morgan fingerprint density at radius 3 is 2.60 bits per heavy atom. The highest BCUT2D eigenvalue weighted by Crippen LogP contribution is 2.27. The Bertz CT molecular complexity index is 188. The molecule has 0 radical (unpaired) electrons. The Morgan fingerprint density at radius 2 is 2.07 bits per heavy atom. The molecule has 0 bridgehead atoms. The van der Waals surface area contributed by atoms with Crippen molar-refractivity contribution in [3.63, 3.8) is 0 Å². The van der Waals surface area contributed by atoms with Gasteiger partial charge < -0.3 is 10.4 Å². The van der Waals surface area contributed by atoms with Crippen molar-refractivity contribution < 1.29 is 9.90 Å². The van der Waals surface area contributed by atoms with Crippen molar-refractivity contribution in [2.45, 2.75) is 57.9 Å². The molecular formula is C12H23NO2. The molecule has 0 amide bonds. The number of aliphatic carboxylic acids is 1. The van der Waals surface area contributed by atoms with Crippen molar-refractivity contribution in [2.75, 3.05) is 6.54 Å². The summed E-state index contributed by atoms with van der Waals surface area (Å²) in [5.74, 6) is 0.0684. The third kappa shape index (κ3) is 5.17. The van der Waals surface area contributed by atoms with E-state index in [-0.39, 0.29) is 12.5 Å². The summed E-state index contributed by atoms with van der Waals surface area (Å²) >= 11 is 0. The van der Waals surface area contributed by atoms with Crippen LogP contribution in [0.15, 0.2) is 0 Å². The van der Waals surface area contributed by atoms with Gasteiger partial charge in [0, 0.05) is 6.04 Å². The van der Waals surface area contributed by atoms with E-state index in [1.54, 1.807) is 0 Å². The molecule has 3 nitrogen and oxygen atoms in total. The largest absolute Gasteiger partial charge is 0.481 e. The Balaban J connectivity index is 2.31. The lowest BCUT2D eigenvalue weighted by Crippen LogP contribution is -2.33. The lowest BCUT2D eigenvalue weighted by Gasteiger charge is -2.26. The van der Waals surface area contributed by atoms with Crippen LogP contribution in [-0.4, -0.2) is 23.7 Å². The van der Waals surface area contributed by atoms with Crippen molar-refractivity contribution in [1.82, 2.24) is 5.32 Å². The van der Waals surface area contributed by atoms with Gasteiger partial charge in [0.05, 0.1) is 6.42 Å². The van der Waals surface area contributed by atoms with Gasteiger partial charge in [-0.05, 0) is 18.9 Å². The Labute approximate surface area is 92.3 Å². The molecule has 0 aromatic rings. The molecule has 1 fully saturated rings. The molecule has 0 heterocycles. The zero-order valence-corrected chi connectivity index (χ0v) is 9.67. The standard InChI is InChI=1S/C12H23NO2/c1-2-13-11(9-12(14)15)8-10-6-4-3-5-7-10/h10-11,13H,2-9H2,1H3,(H,14,15). The van der Waals surface area contributed by atoms with Gasteiger partial charge in [-0.1, -0.05) is 39.0 Å². The van der Waals surface area contributed by atoms with E-state index in [9.17, 15) is 4.79 Å². The monoisotopic (exact) mass is 213 g/mol. The van der Waals surface area contributed by atoms with Gasteiger partial charge in [0.1, 0.15) is 0 Å². The number of nitrogens with one attached hydrogen (secondary N) is 1. The summed E-state index contributed by atoms with van der Waals surface area (Å²) in [5, 5.41) is 12.1. The van der Waals surface area contributed by atoms with Gasteiger partial charge in [-0.15, -0.1) is 0 Å². The molecule has 1 aliphatic carbocycles. The molecule has 0 aromatic heterocycles. The third-order valence-corrected chi connectivity index (χ3v) is 3.26. The van der Waals surface area contributed by atoms with Crippen LogP contribution in [0.3, 0.4) is 0 Å². The van der Waals surface area contributed by atoms with Crippen LogP contribution in [0.25, 0.3) is 0 Å². The van der Waals surface area contributed by atoms with Crippen molar-refractivity contribution in [3.05, 3.63) is 0 Å². The minimum atomic E-state index is -0.684. The number of carboxylic acids is 1. The molecule has 0 spiro atoms. The maximum atomic E-state index is 10.7. The highest BCUT2D eigenvalue weighted by Gasteiger charge is 2.20. The summed E-state index contributed by atoms with van der Waals surface area (Å²) in [4.78, 5) is 10.7. The molecule has 1 unspecified atom stereocenters. The number of hydrogen-bond donors (Lipinski definition) is 2. The quantitative estimate of drug-likeness (QED) is 0.712. The lowest BCUT2D eigenvalue weighted by molar-refractivity contribution is -0.137. The predicted molar refractivity (Wildman–Crippen MR) is 60.9 cm³/mol. The smallest absolute Gasteiger partial charge is 0.304 e. The number of carbonyl (C=O) groups is 1. The van der Waals surface area contributed by atoms with Crippen molar-refractivity contribution in [2.24, 2.45) is 5.92 Å². The summed E-state index contributed by atoms with van der Waals surface area (Å²) in [6.45, 7) is 2.90. The van der Waals surface area contributed by atoms with Gasteiger partial charge in [0.15, 0.2) is 0 Å². The van der Waals surface area contributed by atoms with Crippen LogP contribution in [0.1, 0.15) is 51.9 Å². The molecule has 1 aliphatic rings. The normalized spacial score (nSPS) is 20.1. The molecule has 0 aromatic carbocycles. The molecule has 0 aliphatic heterocycles. The zero-order chi connectivity index (χ0) is 11.1. The van der Waals surface area contributed by atoms with Gasteiger partial charge in [0.2, 0.25) is 0 Å². The average molecular weight is 213 g/mol. The molecule has 15 heavy (non-hydrogen) atoms. The molecule has 88 valence electrons. The van der Waals surface area contributed by atoms with Gasteiger partial charge in [-0.2, -0.15) is 0 Å². The van der Waals surface area contributed by atoms with E-state index in [0.29, 0.717) is 0 Å². The highest BCUT2D eigenvalue weighted by atomic mass is 16.4. The maximum Gasteiger partial charge on any atom is 0.304 e. The van der Waals surface area contributed by atoms with E-state index < -0.39 is 5.97 Å². The molecule has 1 saturated carbocycles. The van der Waals surface area contributed by atoms with Crippen LogP contribution in [0.5, 0.6) is 0 Å². The van der Waals surface area contributed by atoms with Crippen molar-refractivity contribution >= 4 is 5.97 Å². The third-order valence-electron chi connectivity index (χ3n) is 3.26. The zero-order valence-electron chi connectivity index (χ0n) is 9.67. The number of rotatable bonds is 6. The van der Waals surface area contributed by atoms with Crippen LogP contribution in [0.2, 0.25) is 0 Å². The Hall–Kier alpha value is -0.570. The maximum absolute atomic E-state index is 10.7. The van der Waals surface area contributed by atoms with Crippen LogP contribution < -0.4 is 5.32 Å². The fraction of sp³-hybridized carbons (Fsp3) is 0.917. The van der Waals surface area contributed by atoms with E-state index in [1.165, 1.54) is 32.1 Å². The van der Waals surface area contributed by atoms with Gasteiger partial charge in [-0.3, -0.25) is 4.79 Å². The second-order valence-electron chi connectivity index (χ2n) is 4.59. The minimum absolute atomic E-state index is 0.176. The predicted octanol–water partition coefficient (Wildman–Crippen LogP) is 2.41. The molecule has 3 heteroatoms. The minimum Gasteiger partial charge on any atom is -0.481 e. The van der Waals surface area contributed by atoms with Crippen LogP contribution >= 0.6 is 0 Å². The summed E-state index contributed by atoms with van der Waals surface area (Å²) in [6.07, 6.45) is 7.92. The second-order valence-corrected chi connectivity index (χ2v) is 4.59. The van der Waals surface area contributed by atoms with E-state index in [0.717, 1.165) is 18.9 Å². The summed E-state index contributed by atoms with van der Waals surface area (Å²) in [6, 6.07) is 0.176.